The fourth-order valence-corrected chi connectivity index (χ4v) is 10.6. The Morgan fingerprint density at radius 1 is 0.984 bits per heavy atom. The first kappa shape index (κ1) is 48.3. The predicted molar refractivity (Wildman–Crippen MR) is 248 cm³/mol. The molecular formula is C50H60ClN5O7S. The second-order valence-electron chi connectivity index (χ2n) is 18.4. The van der Waals surface area contributed by atoms with E-state index in [4.69, 9.17) is 21.1 Å². The molecule has 3 amide bonds. The molecule has 0 unspecified atom stereocenters. The van der Waals surface area contributed by atoms with Crippen molar-refractivity contribution in [3.8, 4) is 22.3 Å². The number of amides is 3. The van der Waals surface area contributed by atoms with Crippen molar-refractivity contribution in [3.63, 3.8) is 0 Å². The lowest BCUT2D eigenvalue weighted by Gasteiger charge is -2.63. The second kappa shape index (κ2) is 21.2. The van der Waals surface area contributed by atoms with Crippen LogP contribution in [0.4, 0.5) is 0 Å². The standard InChI is InChI=1S/C50H60ClN5O7S/c1-31-45(64-30-54-31)36-18-14-34(15-19-36)27-53-46(60)41-23-38(57)28-56(41)47(61)32(2)55-44(59)29-62-22-10-8-7-9-11-33-12-16-35(17-13-33)42(58)25-43-49(3,4)48(50(43,5)6)63-39-21-20-37(26-52)40(51)24-39/h12-21,24,30,32,38,41,43,48,57H,7-11,22-23,25,27-29H2,1-6H3,(H,53,60)(H,55,59)/t32-,38+,41-,43?,48?/m0/s1. The van der Waals surface area contributed by atoms with Crippen molar-refractivity contribution in [3.05, 3.63) is 105 Å². The molecule has 1 aliphatic heterocycles. The Morgan fingerprint density at radius 3 is 2.33 bits per heavy atom. The number of benzene rings is 3. The topological polar surface area (TPSA) is 171 Å². The minimum Gasteiger partial charge on any atom is -0.489 e. The first-order chi connectivity index (χ1) is 30.5. The third-order valence-corrected chi connectivity index (χ3v) is 14.2. The van der Waals surface area contributed by atoms with Gasteiger partial charge in [0, 0.05) is 55.0 Å². The average molecular weight is 911 g/mol. The number of aryl methyl sites for hydroxylation is 2. The van der Waals surface area contributed by atoms with E-state index < -0.39 is 30.0 Å². The summed E-state index contributed by atoms with van der Waals surface area (Å²) in [6.07, 6.45) is 4.15. The van der Waals surface area contributed by atoms with Gasteiger partial charge in [0.2, 0.25) is 17.7 Å². The van der Waals surface area contributed by atoms with Gasteiger partial charge in [-0.25, -0.2) is 4.98 Å². The number of likely N-dealkylation sites (tertiary alicyclic amines) is 1. The molecule has 3 atom stereocenters. The number of Topliss-reactive ketones (excluding diaryl/α,β-unsaturated/α-hetero) is 1. The summed E-state index contributed by atoms with van der Waals surface area (Å²) in [5.41, 5.74) is 6.52. The fourth-order valence-electron chi connectivity index (χ4n) is 9.58. The first-order valence-corrected chi connectivity index (χ1v) is 23.4. The van der Waals surface area contributed by atoms with Gasteiger partial charge in [0.15, 0.2) is 5.78 Å². The molecule has 1 aromatic heterocycles. The number of halogens is 1. The average Bonchev–Trinajstić information content (AvgIpc) is 3.89. The Balaban J connectivity index is 0.838. The highest BCUT2D eigenvalue weighted by atomic mass is 35.5. The van der Waals surface area contributed by atoms with E-state index in [1.54, 1.807) is 36.5 Å². The third kappa shape index (κ3) is 11.6. The normalized spacial score (nSPS) is 20.1. The van der Waals surface area contributed by atoms with E-state index in [0.717, 1.165) is 53.8 Å². The molecule has 340 valence electrons. The highest BCUT2D eigenvalue weighted by Crippen LogP contribution is 2.61. The van der Waals surface area contributed by atoms with E-state index in [1.807, 2.05) is 61.0 Å². The van der Waals surface area contributed by atoms with Crippen LogP contribution in [0.5, 0.6) is 5.75 Å². The van der Waals surface area contributed by atoms with E-state index in [2.05, 4.69) is 49.4 Å². The zero-order valence-electron chi connectivity index (χ0n) is 37.6. The molecule has 2 aliphatic rings. The van der Waals surface area contributed by atoms with Crippen LogP contribution in [0.15, 0.2) is 72.2 Å². The number of thiazole rings is 1. The summed E-state index contributed by atoms with van der Waals surface area (Å²) < 4.78 is 12.0. The quantitative estimate of drug-likeness (QED) is 0.0584. The van der Waals surface area contributed by atoms with Crippen LogP contribution in [0.3, 0.4) is 0 Å². The van der Waals surface area contributed by atoms with Crippen molar-refractivity contribution in [2.24, 2.45) is 16.7 Å². The highest BCUT2D eigenvalue weighted by molar-refractivity contribution is 7.13. The van der Waals surface area contributed by atoms with Crippen molar-refractivity contribution >= 4 is 46.4 Å². The molecule has 64 heavy (non-hydrogen) atoms. The maximum atomic E-state index is 13.5. The van der Waals surface area contributed by atoms with Gasteiger partial charge in [0.25, 0.3) is 0 Å². The number of aromatic nitrogens is 1. The van der Waals surface area contributed by atoms with Gasteiger partial charge in [-0.05, 0) is 67.9 Å². The maximum absolute atomic E-state index is 13.5. The van der Waals surface area contributed by atoms with Gasteiger partial charge in [0.05, 0.1) is 32.8 Å². The third-order valence-electron chi connectivity index (χ3n) is 12.9. The Bertz CT molecular complexity index is 2310. The first-order valence-electron chi connectivity index (χ1n) is 22.1. The van der Waals surface area contributed by atoms with Crippen molar-refractivity contribution in [2.45, 2.75) is 117 Å². The molecule has 2 heterocycles. The summed E-state index contributed by atoms with van der Waals surface area (Å²) in [4.78, 5) is 59.4. The number of nitrogens with zero attached hydrogens (tertiary/aromatic N) is 3. The van der Waals surface area contributed by atoms with E-state index in [-0.39, 0.29) is 60.7 Å². The minimum atomic E-state index is -0.899. The number of hydrogen-bond donors (Lipinski definition) is 3. The number of ether oxygens (including phenoxy) is 2. The lowest BCUT2D eigenvalue weighted by Crippen LogP contribution is -2.66. The number of carbonyl (C=O) groups excluding carboxylic acids is 4. The number of rotatable bonds is 20. The minimum absolute atomic E-state index is 0.0114. The van der Waals surface area contributed by atoms with Crippen LogP contribution in [-0.2, 0) is 32.1 Å². The molecule has 3 N–H and O–H groups in total. The lowest BCUT2D eigenvalue weighted by atomic mass is 9.44. The SMILES string of the molecule is Cc1ncsc1-c1ccc(CNC(=O)[C@@H]2C[C@@H](O)CN2C(=O)[C@H](C)NC(=O)COCCCCCCc2ccc(C(=O)CC3C(C)(C)C(Oc4ccc(C#N)c(Cl)c4)C3(C)C)cc2)cc1. The van der Waals surface area contributed by atoms with Crippen molar-refractivity contribution in [2.75, 3.05) is 19.8 Å². The van der Waals surface area contributed by atoms with Crippen LogP contribution in [0.1, 0.15) is 106 Å². The number of ketones is 1. The van der Waals surface area contributed by atoms with Crippen molar-refractivity contribution in [1.82, 2.24) is 20.5 Å². The number of aliphatic hydroxyl groups is 1. The summed E-state index contributed by atoms with van der Waals surface area (Å²) in [5.74, 6) is -0.381. The van der Waals surface area contributed by atoms with Gasteiger partial charge in [-0.2, -0.15) is 5.26 Å². The van der Waals surface area contributed by atoms with E-state index in [0.29, 0.717) is 34.9 Å². The molecule has 1 saturated heterocycles. The molecule has 1 aliphatic carbocycles. The smallest absolute Gasteiger partial charge is 0.246 e. The highest BCUT2D eigenvalue weighted by Gasteiger charge is 2.63. The summed E-state index contributed by atoms with van der Waals surface area (Å²) >= 11 is 7.82. The van der Waals surface area contributed by atoms with Gasteiger partial charge in [0.1, 0.15) is 36.6 Å². The largest absolute Gasteiger partial charge is 0.489 e. The Morgan fingerprint density at radius 2 is 1.67 bits per heavy atom. The monoisotopic (exact) mass is 909 g/mol. The molecule has 1 saturated carbocycles. The number of unbranched alkanes of at least 4 members (excludes halogenated alkanes) is 3. The number of nitrogens with one attached hydrogen (secondary N) is 2. The van der Waals surface area contributed by atoms with Gasteiger partial charge in [-0.1, -0.05) is 101 Å². The molecule has 6 rings (SSSR count). The Hall–Kier alpha value is -5.13. The van der Waals surface area contributed by atoms with E-state index >= 15 is 0 Å². The van der Waals surface area contributed by atoms with Crippen molar-refractivity contribution in [1.29, 1.82) is 5.26 Å². The molecule has 0 radical (unpaired) electrons. The van der Waals surface area contributed by atoms with Crippen LogP contribution in [0.25, 0.3) is 10.4 Å². The molecule has 4 aromatic rings. The number of nitriles is 1. The van der Waals surface area contributed by atoms with Crippen molar-refractivity contribution < 1.29 is 33.8 Å². The summed E-state index contributed by atoms with van der Waals surface area (Å²) in [6.45, 7) is 12.6. The van der Waals surface area contributed by atoms with Gasteiger partial charge >= 0.3 is 0 Å². The molecule has 0 bridgehead atoms. The molecule has 14 heteroatoms. The Labute approximate surface area is 385 Å². The predicted octanol–water partition coefficient (Wildman–Crippen LogP) is 8.25. The summed E-state index contributed by atoms with van der Waals surface area (Å²) in [5, 5.41) is 25.5. The van der Waals surface area contributed by atoms with Crippen LogP contribution in [-0.4, -0.2) is 82.5 Å². The number of carbonyl (C=O) groups is 4. The van der Waals surface area contributed by atoms with Crippen LogP contribution >= 0.6 is 22.9 Å². The van der Waals surface area contributed by atoms with Crippen LogP contribution in [0.2, 0.25) is 5.02 Å². The second-order valence-corrected chi connectivity index (χ2v) is 19.6. The van der Waals surface area contributed by atoms with Crippen LogP contribution in [0, 0.1) is 35.0 Å². The zero-order valence-corrected chi connectivity index (χ0v) is 39.2. The summed E-state index contributed by atoms with van der Waals surface area (Å²) in [7, 11) is 0. The van der Waals surface area contributed by atoms with E-state index in [1.165, 1.54) is 10.5 Å². The number of hydrogen-bond acceptors (Lipinski definition) is 10. The van der Waals surface area contributed by atoms with Gasteiger partial charge in [-0.15, -0.1) is 11.3 Å². The molecular weight excluding hydrogens is 850 g/mol. The molecule has 12 nitrogen and oxygen atoms in total. The Kier molecular flexibility index (Phi) is 16.0. The lowest BCUT2D eigenvalue weighted by molar-refractivity contribution is -0.196. The number of β-amino-alcohol motifs (C(OH)–C–C–N with tert-alkyl or cyclic N) is 1. The molecule has 3 aromatic carbocycles. The van der Waals surface area contributed by atoms with E-state index in [9.17, 15) is 29.5 Å². The molecule has 0 spiro atoms. The van der Waals surface area contributed by atoms with Gasteiger partial charge in [-0.3, -0.25) is 19.2 Å². The number of aliphatic hydroxyl groups excluding tert-OH is 1. The molecule has 2 fully saturated rings. The summed E-state index contributed by atoms with van der Waals surface area (Å²) in [6, 6.07) is 21.2. The van der Waals surface area contributed by atoms with Crippen LogP contribution < -0.4 is 15.4 Å². The zero-order chi connectivity index (χ0) is 46.2. The maximum Gasteiger partial charge on any atom is 0.246 e. The van der Waals surface area contributed by atoms with Gasteiger partial charge < -0.3 is 30.1 Å². The fraction of sp³-hybridized carbons (Fsp3) is 0.480.